The van der Waals surface area contributed by atoms with Crippen molar-refractivity contribution in [3.63, 3.8) is 0 Å². The Hall–Kier alpha value is -1.26. The molecule has 1 aliphatic rings. The molecule has 1 N–H and O–H groups in total. The maximum absolute atomic E-state index is 12.0. The molecule has 2 atom stereocenters. The number of ether oxygens (including phenoxy) is 1. The zero-order valence-corrected chi connectivity index (χ0v) is 12.3. The number of nitrogens with zero attached hydrogens (tertiary/aromatic N) is 1. The molecule has 0 aliphatic carbocycles. The van der Waals surface area contributed by atoms with Crippen molar-refractivity contribution in [3.05, 3.63) is 0 Å². The number of hydrogen-bond acceptors (Lipinski definition) is 3. The van der Waals surface area contributed by atoms with Crippen molar-refractivity contribution < 1.29 is 14.3 Å². The fraction of sp³-hybridized carbons (Fsp3) is 0.857. The molecule has 5 heteroatoms. The molecule has 1 heterocycles. The first-order valence-electron chi connectivity index (χ1n) is 7.31. The van der Waals surface area contributed by atoms with Gasteiger partial charge in [0.05, 0.1) is 12.6 Å². The minimum atomic E-state index is -0.382. The SMILES string of the molecule is CCCC(=O)N1CC(CC)CC(NC(=O)OCC)C1. The highest BCUT2D eigenvalue weighted by molar-refractivity contribution is 5.76. The Morgan fingerprint density at radius 1 is 1.26 bits per heavy atom. The number of hydrogen-bond donors (Lipinski definition) is 1. The summed E-state index contributed by atoms with van der Waals surface area (Å²) < 4.78 is 4.90. The number of carbonyl (C=O) groups is 2. The zero-order valence-electron chi connectivity index (χ0n) is 12.3. The topological polar surface area (TPSA) is 58.6 Å². The van der Waals surface area contributed by atoms with Crippen LogP contribution in [0.3, 0.4) is 0 Å². The highest BCUT2D eigenvalue weighted by atomic mass is 16.5. The molecule has 0 aromatic heterocycles. The van der Waals surface area contributed by atoms with Crippen molar-refractivity contribution in [1.29, 1.82) is 0 Å². The van der Waals surface area contributed by atoms with Crippen molar-refractivity contribution in [3.8, 4) is 0 Å². The number of amides is 2. The monoisotopic (exact) mass is 270 g/mol. The molecule has 0 bridgehead atoms. The maximum atomic E-state index is 12.0. The van der Waals surface area contributed by atoms with Crippen molar-refractivity contribution in [2.45, 2.75) is 52.5 Å². The lowest BCUT2D eigenvalue weighted by molar-refractivity contribution is -0.133. The second-order valence-electron chi connectivity index (χ2n) is 5.12. The predicted octanol–water partition coefficient (Wildman–Crippen LogP) is 2.16. The molecule has 0 aromatic carbocycles. The van der Waals surface area contributed by atoms with Crippen molar-refractivity contribution in [1.82, 2.24) is 10.2 Å². The molecule has 110 valence electrons. The lowest BCUT2D eigenvalue weighted by Gasteiger charge is -2.37. The van der Waals surface area contributed by atoms with Crippen LogP contribution in [-0.4, -0.2) is 42.6 Å². The van der Waals surface area contributed by atoms with Crippen LogP contribution in [0.1, 0.15) is 46.5 Å². The average molecular weight is 270 g/mol. The summed E-state index contributed by atoms with van der Waals surface area (Å²) >= 11 is 0. The third-order valence-electron chi connectivity index (χ3n) is 3.53. The molecule has 1 fully saturated rings. The van der Waals surface area contributed by atoms with Crippen LogP contribution < -0.4 is 5.32 Å². The largest absolute Gasteiger partial charge is 0.450 e. The van der Waals surface area contributed by atoms with Gasteiger partial charge < -0.3 is 15.0 Å². The second-order valence-corrected chi connectivity index (χ2v) is 5.12. The van der Waals surface area contributed by atoms with Crippen LogP contribution in [0, 0.1) is 5.92 Å². The van der Waals surface area contributed by atoms with Crippen LogP contribution in [0.15, 0.2) is 0 Å². The first kappa shape index (κ1) is 15.8. The van der Waals surface area contributed by atoms with Crippen LogP contribution in [0.25, 0.3) is 0 Å². The smallest absolute Gasteiger partial charge is 0.407 e. The fourth-order valence-corrected chi connectivity index (χ4v) is 2.52. The van der Waals surface area contributed by atoms with E-state index in [2.05, 4.69) is 12.2 Å². The third-order valence-corrected chi connectivity index (χ3v) is 3.53. The first-order chi connectivity index (χ1) is 9.10. The average Bonchev–Trinajstić information content (AvgIpc) is 2.38. The molecular formula is C14H26N2O3. The quantitative estimate of drug-likeness (QED) is 0.833. The van der Waals surface area contributed by atoms with Crippen molar-refractivity contribution >= 4 is 12.0 Å². The van der Waals surface area contributed by atoms with Crippen LogP contribution in [0.5, 0.6) is 0 Å². The number of piperidine rings is 1. The van der Waals surface area contributed by atoms with E-state index in [0.29, 0.717) is 25.5 Å². The van der Waals surface area contributed by atoms with E-state index in [4.69, 9.17) is 4.74 Å². The summed E-state index contributed by atoms with van der Waals surface area (Å²) in [7, 11) is 0. The Labute approximate surface area is 115 Å². The van der Waals surface area contributed by atoms with Gasteiger partial charge in [-0.3, -0.25) is 4.79 Å². The van der Waals surface area contributed by atoms with Crippen LogP contribution in [-0.2, 0) is 9.53 Å². The van der Waals surface area contributed by atoms with Crippen molar-refractivity contribution in [2.75, 3.05) is 19.7 Å². The molecule has 1 rings (SSSR count). The molecular weight excluding hydrogens is 244 g/mol. The van der Waals surface area contributed by atoms with E-state index >= 15 is 0 Å². The van der Waals surface area contributed by atoms with E-state index in [0.717, 1.165) is 25.8 Å². The Bertz CT molecular complexity index is 307. The molecule has 2 amide bonds. The van der Waals surface area contributed by atoms with Gasteiger partial charge in [0.1, 0.15) is 0 Å². The Balaban J connectivity index is 2.56. The fourth-order valence-electron chi connectivity index (χ4n) is 2.52. The Morgan fingerprint density at radius 3 is 2.58 bits per heavy atom. The molecule has 2 unspecified atom stereocenters. The number of carbonyl (C=O) groups excluding carboxylic acids is 2. The highest BCUT2D eigenvalue weighted by Gasteiger charge is 2.29. The molecule has 0 aromatic rings. The van der Waals surface area contributed by atoms with E-state index < -0.39 is 0 Å². The molecule has 19 heavy (non-hydrogen) atoms. The zero-order chi connectivity index (χ0) is 14.3. The van der Waals surface area contributed by atoms with Gasteiger partial charge in [0.25, 0.3) is 0 Å². The van der Waals surface area contributed by atoms with Gasteiger partial charge >= 0.3 is 6.09 Å². The molecule has 1 aliphatic heterocycles. The van der Waals surface area contributed by atoms with Gasteiger partial charge in [0.15, 0.2) is 0 Å². The number of nitrogens with one attached hydrogen (secondary N) is 1. The summed E-state index contributed by atoms with van der Waals surface area (Å²) in [6, 6.07) is 0.0126. The predicted molar refractivity (Wildman–Crippen MR) is 73.8 cm³/mol. The minimum Gasteiger partial charge on any atom is -0.450 e. The second kappa shape index (κ2) is 8.02. The van der Waals surface area contributed by atoms with E-state index in [1.54, 1.807) is 6.92 Å². The molecule has 0 saturated carbocycles. The van der Waals surface area contributed by atoms with Gasteiger partial charge in [-0.05, 0) is 25.7 Å². The minimum absolute atomic E-state index is 0.0126. The lowest BCUT2D eigenvalue weighted by Crippen LogP contribution is -2.52. The molecule has 5 nitrogen and oxygen atoms in total. The van der Waals surface area contributed by atoms with Crippen LogP contribution in [0.2, 0.25) is 0 Å². The molecule has 1 saturated heterocycles. The van der Waals surface area contributed by atoms with Gasteiger partial charge in [0, 0.05) is 19.5 Å². The standard InChI is InChI=1S/C14H26N2O3/c1-4-7-13(17)16-9-11(5-2)8-12(10-16)15-14(18)19-6-3/h11-12H,4-10H2,1-3H3,(H,15,18). The number of rotatable bonds is 5. The van der Waals surface area contributed by atoms with Crippen molar-refractivity contribution in [2.24, 2.45) is 5.92 Å². The Morgan fingerprint density at radius 2 is 2.00 bits per heavy atom. The highest BCUT2D eigenvalue weighted by Crippen LogP contribution is 2.20. The van der Waals surface area contributed by atoms with E-state index in [1.165, 1.54) is 0 Å². The normalized spacial score (nSPS) is 23.0. The number of likely N-dealkylation sites (tertiary alicyclic amines) is 1. The van der Waals surface area contributed by atoms with E-state index in [9.17, 15) is 9.59 Å². The van der Waals surface area contributed by atoms with E-state index in [-0.39, 0.29) is 18.0 Å². The summed E-state index contributed by atoms with van der Waals surface area (Å²) in [5, 5.41) is 2.86. The summed E-state index contributed by atoms with van der Waals surface area (Å²) in [5.41, 5.74) is 0. The molecule has 0 spiro atoms. The summed E-state index contributed by atoms with van der Waals surface area (Å²) in [6.45, 7) is 7.71. The van der Waals surface area contributed by atoms with Gasteiger partial charge in [-0.25, -0.2) is 4.79 Å². The summed E-state index contributed by atoms with van der Waals surface area (Å²) in [6.07, 6.45) is 3.01. The third kappa shape index (κ3) is 5.09. The van der Waals surface area contributed by atoms with Gasteiger partial charge in [-0.15, -0.1) is 0 Å². The van der Waals surface area contributed by atoms with Crippen LogP contribution >= 0.6 is 0 Å². The lowest BCUT2D eigenvalue weighted by atomic mass is 9.92. The maximum Gasteiger partial charge on any atom is 0.407 e. The Kier molecular flexibility index (Phi) is 6.67. The number of alkyl carbamates (subject to hydrolysis) is 1. The molecule has 0 radical (unpaired) electrons. The first-order valence-corrected chi connectivity index (χ1v) is 7.31. The van der Waals surface area contributed by atoms with Crippen LogP contribution in [0.4, 0.5) is 4.79 Å². The van der Waals surface area contributed by atoms with Gasteiger partial charge in [0.2, 0.25) is 5.91 Å². The van der Waals surface area contributed by atoms with E-state index in [1.807, 2.05) is 11.8 Å². The van der Waals surface area contributed by atoms with Gasteiger partial charge in [-0.1, -0.05) is 20.3 Å². The summed E-state index contributed by atoms with van der Waals surface area (Å²) in [4.78, 5) is 25.4. The van der Waals surface area contributed by atoms with Gasteiger partial charge in [-0.2, -0.15) is 0 Å². The summed E-state index contributed by atoms with van der Waals surface area (Å²) in [5.74, 6) is 0.651.